The van der Waals surface area contributed by atoms with Gasteiger partial charge in [-0.3, -0.25) is 14.3 Å². The highest BCUT2D eigenvalue weighted by atomic mass is 32.2. The van der Waals surface area contributed by atoms with E-state index in [1.807, 2.05) is 6.07 Å². The SMILES string of the molecule is COc1ncc(-c2ccc3nncc(N4CCN(C(=O)/C=C/C(C)=O)CC4)c3c2)cc1NS(=O)(=O)c1ccc(F)cc1F. The predicted molar refractivity (Wildman–Crippen MR) is 155 cm³/mol. The Morgan fingerprint density at radius 2 is 1.74 bits per heavy atom. The van der Waals surface area contributed by atoms with Crippen LogP contribution in [0, 0.1) is 11.6 Å². The lowest BCUT2D eigenvalue weighted by molar-refractivity contribution is -0.126. The highest BCUT2D eigenvalue weighted by Crippen LogP contribution is 2.34. The minimum Gasteiger partial charge on any atom is -0.480 e. The van der Waals surface area contributed by atoms with Crippen LogP contribution in [-0.4, -0.2) is 73.5 Å². The number of fused-ring (bicyclic) bond motifs is 1. The summed E-state index contributed by atoms with van der Waals surface area (Å²) in [7, 11) is -3.14. The zero-order valence-corrected chi connectivity index (χ0v) is 23.9. The molecule has 222 valence electrons. The van der Waals surface area contributed by atoms with Crippen molar-refractivity contribution >= 4 is 44.0 Å². The second kappa shape index (κ2) is 12.1. The normalized spacial score (nSPS) is 13.9. The van der Waals surface area contributed by atoms with Gasteiger partial charge in [0.05, 0.1) is 24.5 Å². The Hall–Kier alpha value is -4.98. The molecule has 0 radical (unpaired) electrons. The summed E-state index contributed by atoms with van der Waals surface area (Å²) in [6, 6.07) is 9.09. The molecular weight excluding hydrogens is 582 g/mol. The van der Waals surface area contributed by atoms with Crippen molar-refractivity contribution in [1.82, 2.24) is 20.1 Å². The number of rotatable bonds is 8. The van der Waals surface area contributed by atoms with E-state index >= 15 is 0 Å². The zero-order valence-electron chi connectivity index (χ0n) is 23.1. The Kier molecular flexibility index (Phi) is 8.30. The fourth-order valence-electron chi connectivity index (χ4n) is 4.68. The van der Waals surface area contributed by atoms with E-state index in [-0.39, 0.29) is 23.3 Å². The molecule has 1 N–H and O–H groups in total. The predicted octanol–water partition coefficient (Wildman–Crippen LogP) is 3.57. The highest BCUT2D eigenvalue weighted by Gasteiger charge is 2.24. The summed E-state index contributed by atoms with van der Waals surface area (Å²) < 4.78 is 61.1. The fourth-order valence-corrected chi connectivity index (χ4v) is 5.78. The van der Waals surface area contributed by atoms with Crippen LogP contribution in [0.3, 0.4) is 0 Å². The molecule has 14 heteroatoms. The number of benzene rings is 2. The van der Waals surface area contributed by atoms with Crippen molar-refractivity contribution in [3.63, 3.8) is 0 Å². The average molecular weight is 609 g/mol. The first kappa shape index (κ1) is 29.5. The molecule has 4 aromatic rings. The molecular formula is C29H26F2N6O5S. The van der Waals surface area contributed by atoms with Crippen molar-refractivity contribution in [2.45, 2.75) is 11.8 Å². The average Bonchev–Trinajstić information content (AvgIpc) is 2.99. The van der Waals surface area contributed by atoms with Crippen LogP contribution in [-0.2, 0) is 19.6 Å². The Labute approximate surface area is 245 Å². The maximum absolute atomic E-state index is 14.3. The summed E-state index contributed by atoms with van der Waals surface area (Å²) in [4.78, 5) is 30.8. The fraction of sp³-hybridized carbons (Fsp3) is 0.207. The second-order valence-corrected chi connectivity index (χ2v) is 11.3. The number of sulfonamides is 1. The molecule has 0 spiro atoms. The molecule has 2 aromatic heterocycles. The first-order chi connectivity index (χ1) is 20.6. The van der Waals surface area contributed by atoms with Gasteiger partial charge in [0, 0.05) is 55.5 Å². The van der Waals surface area contributed by atoms with Crippen LogP contribution >= 0.6 is 0 Å². The van der Waals surface area contributed by atoms with E-state index in [1.165, 1.54) is 38.4 Å². The molecule has 1 amide bonds. The van der Waals surface area contributed by atoms with Crippen LogP contribution in [0.1, 0.15) is 6.92 Å². The van der Waals surface area contributed by atoms with E-state index in [4.69, 9.17) is 4.74 Å². The first-order valence-corrected chi connectivity index (χ1v) is 14.5. The summed E-state index contributed by atoms with van der Waals surface area (Å²) in [6.45, 7) is 3.34. The number of amides is 1. The van der Waals surface area contributed by atoms with E-state index < -0.39 is 26.6 Å². The van der Waals surface area contributed by atoms with Crippen molar-refractivity contribution in [2.75, 3.05) is 42.9 Å². The Balaban J connectivity index is 1.43. The largest absolute Gasteiger partial charge is 0.480 e. The van der Waals surface area contributed by atoms with Crippen LogP contribution in [0.5, 0.6) is 5.88 Å². The molecule has 0 bridgehead atoms. The molecule has 1 aliphatic heterocycles. The Bertz CT molecular complexity index is 1860. The number of nitrogens with one attached hydrogen (secondary N) is 1. The van der Waals surface area contributed by atoms with E-state index in [0.717, 1.165) is 23.2 Å². The third-order valence-electron chi connectivity index (χ3n) is 6.82. The minimum absolute atomic E-state index is 0.0449. The molecule has 2 aromatic carbocycles. The monoisotopic (exact) mass is 608 g/mol. The van der Waals surface area contributed by atoms with Gasteiger partial charge >= 0.3 is 0 Å². The summed E-state index contributed by atoms with van der Waals surface area (Å²) in [5.74, 6) is -2.62. The number of anilines is 2. The molecule has 1 fully saturated rings. The topological polar surface area (TPSA) is 135 Å². The number of piperazine rings is 1. The van der Waals surface area contributed by atoms with Crippen LogP contribution in [0.15, 0.2) is 71.9 Å². The lowest BCUT2D eigenvalue weighted by Gasteiger charge is -2.35. The molecule has 0 aliphatic carbocycles. The van der Waals surface area contributed by atoms with Gasteiger partial charge in [0.2, 0.25) is 11.8 Å². The van der Waals surface area contributed by atoms with E-state index in [2.05, 4.69) is 24.8 Å². The van der Waals surface area contributed by atoms with Crippen LogP contribution in [0.25, 0.3) is 22.0 Å². The molecule has 0 saturated carbocycles. The number of carbonyl (C=O) groups excluding carboxylic acids is 2. The van der Waals surface area contributed by atoms with Crippen LogP contribution < -0.4 is 14.4 Å². The van der Waals surface area contributed by atoms with E-state index in [9.17, 15) is 26.8 Å². The number of ketones is 1. The van der Waals surface area contributed by atoms with Crippen molar-refractivity contribution in [3.8, 4) is 17.0 Å². The number of hydrogen-bond acceptors (Lipinski definition) is 9. The van der Waals surface area contributed by atoms with Crippen LogP contribution in [0.2, 0.25) is 0 Å². The Morgan fingerprint density at radius 1 is 0.977 bits per heavy atom. The van der Waals surface area contributed by atoms with Gasteiger partial charge in [-0.2, -0.15) is 10.2 Å². The van der Waals surface area contributed by atoms with Crippen molar-refractivity contribution in [3.05, 3.63) is 78.6 Å². The number of ether oxygens (including phenoxy) is 1. The number of allylic oxidation sites excluding steroid dienone is 1. The van der Waals surface area contributed by atoms with Crippen LogP contribution in [0.4, 0.5) is 20.2 Å². The summed E-state index contributed by atoms with van der Waals surface area (Å²) in [6.07, 6.45) is 5.68. The number of halogens is 2. The molecule has 3 heterocycles. The van der Waals surface area contributed by atoms with E-state index in [0.29, 0.717) is 48.9 Å². The van der Waals surface area contributed by atoms with Gasteiger partial charge in [-0.15, -0.1) is 0 Å². The molecule has 43 heavy (non-hydrogen) atoms. The van der Waals surface area contributed by atoms with Gasteiger partial charge in [0.25, 0.3) is 10.0 Å². The molecule has 11 nitrogen and oxygen atoms in total. The molecule has 0 unspecified atom stereocenters. The van der Waals surface area contributed by atoms with Gasteiger partial charge < -0.3 is 14.5 Å². The standard InChI is InChI=1S/C29H26F2N6O5S/c1-18(38)3-8-28(39)37-11-9-36(10-12-37)26-17-33-34-24-6-4-19(13-22(24)26)20-14-25(29(42-2)32-16-20)35-43(40,41)27-7-5-21(30)15-23(27)31/h3-8,13-17,35H,9-12H2,1-2H3/b8-3+. The second-order valence-electron chi connectivity index (χ2n) is 9.68. The number of methoxy groups -OCH3 is 1. The Morgan fingerprint density at radius 3 is 2.44 bits per heavy atom. The van der Waals surface area contributed by atoms with Crippen molar-refractivity contribution in [2.24, 2.45) is 0 Å². The highest BCUT2D eigenvalue weighted by molar-refractivity contribution is 7.92. The van der Waals surface area contributed by atoms with Gasteiger partial charge in [0.1, 0.15) is 22.2 Å². The molecule has 1 saturated heterocycles. The summed E-state index contributed by atoms with van der Waals surface area (Å²) in [5.41, 5.74) is 2.58. The number of carbonyl (C=O) groups is 2. The van der Waals surface area contributed by atoms with E-state index in [1.54, 1.807) is 23.2 Å². The molecule has 5 rings (SSSR count). The molecule has 0 atom stereocenters. The first-order valence-electron chi connectivity index (χ1n) is 13.1. The minimum atomic E-state index is -4.45. The van der Waals surface area contributed by atoms with Gasteiger partial charge in [-0.05, 0) is 48.9 Å². The third kappa shape index (κ3) is 6.43. The summed E-state index contributed by atoms with van der Waals surface area (Å²) >= 11 is 0. The number of hydrogen-bond donors (Lipinski definition) is 1. The van der Waals surface area contributed by atoms with Crippen molar-refractivity contribution in [1.29, 1.82) is 0 Å². The lowest BCUT2D eigenvalue weighted by Crippen LogP contribution is -2.48. The smallest absolute Gasteiger partial charge is 0.264 e. The zero-order chi connectivity index (χ0) is 30.7. The maximum atomic E-state index is 14.3. The van der Waals surface area contributed by atoms with Gasteiger partial charge in [-0.1, -0.05) is 6.07 Å². The van der Waals surface area contributed by atoms with Gasteiger partial charge in [0.15, 0.2) is 5.78 Å². The third-order valence-corrected chi connectivity index (χ3v) is 8.21. The van der Waals surface area contributed by atoms with Gasteiger partial charge in [-0.25, -0.2) is 22.2 Å². The summed E-state index contributed by atoms with van der Waals surface area (Å²) in [5, 5.41) is 9.13. The molecule has 1 aliphatic rings. The number of pyridine rings is 1. The lowest BCUT2D eigenvalue weighted by atomic mass is 10.0. The maximum Gasteiger partial charge on any atom is 0.264 e. The number of nitrogens with zero attached hydrogens (tertiary/aromatic N) is 5. The quantitative estimate of drug-likeness (QED) is 0.298. The number of aromatic nitrogens is 3. The van der Waals surface area contributed by atoms with Crippen molar-refractivity contribution < 1.29 is 31.5 Å².